The number of piperazine rings is 1. The molecule has 3 heterocycles. The predicted octanol–water partition coefficient (Wildman–Crippen LogP) is 2.69. The monoisotopic (exact) mass is 333 g/mol. The van der Waals surface area contributed by atoms with Crippen molar-refractivity contribution in [1.82, 2.24) is 15.0 Å². The minimum Gasteiger partial charge on any atom is -0.352 e. The molecule has 3 aromatic rings. The highest BCUT2D eigenvalue weighted by Crippen LogP contribution is 2.31. The number of anilines is 2. The number of nitrogens with zero attached hydrogens (tertiary/aromatic N) is 5. The Balaban J connectivity index is 1.53. The fourth-order valence-electron chi connectivity index (χ4n) is 2.66. The normalized spacial score (nSPS) is 15.4. The van der Waals surface area contributed by atoms with Crippen LogP contribution >= 0.6 is 11.3 Å². The predicted molar refractivity (Wildman–Crippen MR) is 86.0 cm³/mol. The van der Waals surface area contributed by atoms with Crippen molar-refractivity contribution >= 4 is 32.5 Å². The first-order valence-corrected chi connectivity index (χ1v) is 8.04. The van der Waals surface area contributed by atoms with E-state index in [2.05, 4.69) is 24.8 Å². The molecule has 8 heteroatoms. The zero-order valence-corrected chi connectivity index (χ0v) is 12.9. The fraction of sp³-hybridized carbons (Fsp3) is 0.267. The van der Waals surface area contributed by atoms with Gasteiger partial charge in [0.25, 0.3) is 0 Å². The van der Waals surface area contributed by atoms with Gasteiger partial charge < -0.3 is 9.80 Å². The molecular formula is C15H13F2N5S. The van der Waals surface area contributed by atoms with Crippen molar-refractivity contribution in [3.05, 3.63) is 42.4 Å². The van der Waals surface area contributed by atoms with Gasteiger partial charge in [-0.2, -0.15) is 0 Å². The van der Waals surface area contributed by atoms with Gasteiger partial charge in [-0.3, -0.25) is 4.98 Å². The molecule has 23 heavy (non-hydrogen) atoms. The third-order valence-corrected chi connectivity index (χ3v) is 4.89. The van der Waals surface area contributed by atoms with Crippen LogP contribution in [0.25, 0.3) is 10.2 Å². The molecule has 2 aromatic heterocycles. The highest BCUT2D eigenvalue weighted by molar-refractivity contribution is 7.22. The first-order valence-electron chi connectivity index (χ1n) is 7.22. The van der Waals surface area contributed by atoms with Gasteiger partial charge in [-0.1, -0.05) is 11.3 Å². The van der Waals surface area contributed by atoms with Crippen molar-refractivity contribution in [2.45, 2.75) is 0 Å². The van der Waals surface area contributed by atoms with E-state index in [1.54, 1.807) is 18.6 Å². The molecule has 0 bridgehead atoms. The summed E-state index contributed by atoms with van der Waals surface area (Å²) in [6.45, 7) is 3.07. The molecule has 0 N–H and O–H groups in total. The van der Waals surface area contributed by atoms with Crippen molar-refractivity contribution in [1.29, 1.82) is 0 Å². The summed E-state index contributed by atoms with van der Waals surface area (Å²) in [6.07, 6.45) is 5.06. The van der Waals surface area contributed by atoms with E-state index in [-0.39, 0.29) is 5.52 Å². The largest absolute Gasteiger partial charge is 0.352 e. The lowest BCUT2D eigenvalue weighted by molar-refractivity contribution is 0.591. The van der Waals surface area contributed by atoms with E-state index in [1.165, 1.54) is 17.4 Å². The Morgan fingerprint density at radius 1 is 1.00 bits per heavy atom. The van der Waals surface area contributed by atoms with E-state index >= 15 is 0 Å². The average molecular weight is 333 g/mol. The van der Waals surface area contributed by atoms with Gasteiger partial charge in [0.15, 0.2) is 10.9 Å². The van der Waals surface area contributed by atoms with Gasteiger partial charge in [-0.25, -0.2) is 18.7 Å². The first-order chi connectivity index (χ1) is 11.2. The maximum atomic E-state index is 13.8. The molecule has 1 saturated heterocycles. The molecule has 0 atom stereocenters. The van der Waals surface area contributed by atoms with E-state index in [4.69, 9.17) is 0 Å². The van der Waals surface area contributed by atoms with Gasteiger partial charge >= 0.3 is 0 Å². The summed E-state index contributed by atoms with van der Waals surface area (Å²) < 4.78 is 27.6. The summed E-state index contributed by atoms with van der Waals surface area (Å²) in [5, 5.41) is 0.725. The fourth-order valence-corrected chi connectivity index (χ4v) is 3.72. The first kappa shape index (κ1) is 14.3. The summed E-state index contributed by atoms with van der Waals surface area (Å²) in [5.74, 6) is -0.331. The van der Waals surface area contributed by atoms with Crippen molar-refractivity contribution in [2.24, 2.45) is 0 Å². The van der Waals surface area contributed by atoms with E-state index < -0.39 is 11.6 Å². The number of benzene rings is 1. The van der Waals surface area contributed by atoms with Crippen molar-refractivity contribution < 1.29 is 8.78 Å². The lowest BCUT2D eigenvalue weighted by atomic mass is 10.3. The highest BCUT2D eigenvalue weighted by atomic mass is 32.1. The van der Waals surface area contributed by atoms with Crippen molar-refractivity contribution in [3.63, 3.8) is 0 Å². The summed E-state index contributed by atoms with van der Waals surface area (Å²) >= 11 is 1.32. The molecule has 1 aliphatic heterocycles. The number of halogens is 2. The van der Waals surface area contributed by atoms with E-state index in [9.17, 15) is 8.78 Å². The standard InChI is InChI=1S/C15H13F2N5S/c16-10-7-11(17)14-12(8-10)23-15(20-14)22-5-3-21(4-6-22)13-9-18-1-2-19-13/h1-2,7-9H,3-6H2. The second-order valence-corrected chi connectivity index (χ2v) is 6.28. The van der Waals surface area contributed by atoms with E-state index in [0.717, 1.165) is 43.2 Å². The van der Waals surface area contributed by atoms with E-state index in [1.807, 2.05) is 0 Å². The molecule has 0 saturated carbocycles. The molecule has 0 unspecified atom stereocenters. The second-order valence-electron chi connectivity index (χ2n) is 5.27. The summed E-state index contributed by atoms with van der Waals surface area (Å²) in [5.41, 5.74) is 0.239. The Labute approximate surface area is 135 Å². The van der Waals surface area contributed by atoms with Crippen molar-refractivity contribution in [2.75, 3.05) is 36.0 Å². The minimum atomic E-state index is -0.610. The molecular weight excluding hydrogens is 320 g/mol. The van der Waals surface area contributed by atoms with Gasteiger partial charge in [-0.05, 0) is 6.07 Å². The highest BCUT2D eigenvalue weighted by Gasteiger charge is 2.21. The van der Waals surface area contributed by atoms with Crippen LogP contribution in [-0.2, 0) is 0 Å². The maximum absolute atomic E-state index is 13.8. The van der Waals surface area contributed by atoms with Gasteiger partial charge in [0.05, 0.1) is 10.9 Å². The summed E-state index contributed by atoms with van der Waals surface area (Å²) in [7, 11) is 0. The molecule has 0 radical (unpaired) electrons. The van der Waals surface area contributed by atoms with Crippen LogP contribution in [0.1, 0.15) is 0 Å². The third-order valence-electron chi connectivity index (χ3n) is 3.83. The zero-order valence-electron chi connectivity index (χ0n) is 12.1. The van der Waals surface area contributed by atoms with Gasteiger partial charge in [0.2, 0.25) is 0 Å². The molecule has 1 fully saturated rings. The summed E-state index contributed by atoms with van der Waals surface area (Å²) in [6, 6.07) is 2.20. The summed E-state index contributed by atoms with van der Waals surface area (Å²) in [4.78, 5) is 16.9. The van der Waals surface area contributed by atoms with Gasteiger partial charge in [-0.15, -0.1) is 0 Å². The molecule has 1 aliphatic rings. The van der Waals surface area contributed by atoms with Crippen LogP contribution in [0.3, 0.4) is 0 Å². The van der Waals surface area contributed by atoms with Crippen LogP contribution in [0.15, 0.2) is 30.7 Å². The SMILES string of the molecule is Fc1cc(F)c2nc(N3CCN(c4cnccn4)CC3)sc2c1. The molecule has 0 spiro atoms. The number of hydrogen-bond donors (Lipinski definition) is 0. The number of hydrogen-bond acceptors (Lipinski definition) is 6. The van der Waals surface area contributed by atoms with Crippen LogP contribution < -0.4 is 9.80 Å². The lowest BCUT2D eigenvalue weighted by Gasteiger charge is -2.34. The quantitative estimate of drug-likeness (QED) is 0.721. The van der Waals surface area contributed by atoms with Crippen molar-refractivity contribution in [3.8, 4) is 0 Å². The number of fused-ring (bicyclic) bond motifs is 1. The van der Waals surface area contributed by atoms with Crippen LogP contribution in [-0.4, -0.2) is 41.1 Å². The average Bonchev–Trinajstić information content (AvgIpc) is 3.00. The Bertz CT molecular complexity index is 831. The topological polar surface area (TPSA) is 45.2 Å². The lowest BCUT2D eigenvalue weighted by Crippen LogP contribution is -2.46. The molecule has 0 aliphatic carbocycles. The smallest absolute Gasteiger partial charge is 0.186 e. The zero-order chi connectivity index (χ0) is 15.8. The second kappa shape index (κ2) is 5.69. The Hall–Kier alpha value is -2.35. The molecule has 0 amide bonds. The van der Waals surface area contributed by atoms with Gasteiger partial charge in [0.1, 0.15) is 17.2 Å². The molecule has 118 valence electrons. The van der Waals surface area contributed by atoms with E-state index in [0.29, 0.717) is 4.70 Å². The number of aromatic nitrogens is 3. The Morgan fingerprint density at radius 2 is 1.78 bits per heavy atom. The Morgan fingerprint density at radius 3 is 2.52 bits per heavy atom. The third kappa shape index (κ3) is 2.70. The molecule has 5 nitrogen and oxygen atoms in total. The van der Waals surface area contributed by atoms with Crippen LogP contribution in [0.2, 0.25) is 0 Å². The van der Waals surface area contributed by atoms with Crippen LogP contribution in [0.5, 0.6) is 0 Å². The maximum Gasteiger partial charge on any atom is 0.186 e. The molecule has 1 aromatic carbocycles. The number of rotatable bonds is 2. The number of thiazole rings is 1. The molecule has 4 rings (SSSR count). The van der Waals surface area contributed by atoms with Crippen LogP contribution in [0.4, 0.5) is 19.7 Å². The van der Waals surface area contributed by atoms with Gasteiger partial charge in [0, 0.05) is 44.6 Å². The van der Waals surface area contributed by atoms with Crippen LogP contribution in [0, 0.1) is 11.6 Å². The Kier molecular flexibility index (Phi) is 3.53. The minimum absolute atomic E-state index is 0.239.